The van der Waals surface area contributed by atoms with E-state index in [4.69, 9.17) is 9.57 Å². The first kappa shape index (κ1) is 24.7. The van der Waals surface area contributed by atoms with Crippen molar-refractivity contribution in [2.45, 2.75) is 33.5 Å². The normalized spacial score (nSPS) is 12.2. The number of carbonyl (C=O) groups is 1. The number of aryl methyl sites for hydroxylation is 1. The Kier molecular flexibility index (Phi) is 8.13. The highest BCUT2D eigenvalue weighted by molar-refractivity contribution is 6.00. The Labute approximate surface area is 210 Å². The number of carboxylic acid groups (broad SMARTS) is 1. The van der Waals surface area contributed by atoms with Crippen molar-refractivity contribution in [3.05, 3.63) is 114 Å². The van der Waals surface area contributed by atoms with Gasteiger partial charge in [-0.2, -0.15) is 5.10 Å². The van der Waals surface area contributed by atoms with Gasteiger partial charge in [-0.1, -0.05) is 65.3 Å². The quantitative estimate of drug-likeness (QED) is 0.222. The van der Waals surface area contributed by atoms with Crippen LogP contribution in [0.4, 0.5) is 0 Å². The highest BCUT2D eigenvalue weighted by atomic mass is 16.6. The fourth-order valence-electron chi connectivity index (χ4n) is 3.66. The maximum absolute atomic E-state index is 11.9. The molecule has 0 saturated heterocycles. The van der Waals surface area contributed by atoms with Gasteiger partial charge < -0.3 is 14.7 Å². The number of rotatable bonds is 11. The first-order chi connectivity index (χ1) is 17.5. The Bertz CT molecular complexity index is 1300. The molecule has 0 amide bonds. The number of nitrogens with zero attached hydrogens (tertiary/aromatic N) is 3. The molecule has 1 aromatic heterocycles. The minimum Gasteiger partial charge on any atom is -0.489 e. The number of ether oxygens (including phenoxy) is 1. The number of aliphatic carboxylic acids is 1. The van der Waals surface area contributed by atoms with Gasteiger partial charge in [0.05, 0.1) is 17.6 Å². The molecule has 0 radical (unpaired) electrons. The van der Waals surface area contributed by atoms with E-state index >= 15 is 0 Å². The number of aromatic nitrogens is 2. The van der Waals surface area contributed by atoms with Gasteiger partial charge in [-0.3, -0.25) is 4.79 Å². The molecule has 1 heterocycles. The number of hydrogen-bond donors (Lipinski definition) is 1. The van der Waals surface area contributed by atoms with Gasteiger partial charge >= 0.3 is 5.97 Å². The molecule has 1 unspecified atom stereocenters. The number of carboxylic acids is 1. The fourth-order valence-corrected chi connectivity index (χ4v) is 3.66. The van der Waals surface area contributed by atoms with Gasteiger partial charge in [-0.15, -0.1) is 0 Å². The Morgan fingerprint density at radius 3 is 2.36 bits per heavy atom. The monoisotopic (exact) mass is 483 g/mol. The van der Waals surface area contributed by atoms with Gasteiger partial charge in [0.15, 0.2) is 0 Å². The molecule has 36 heavy (non-hydrogen) atoms. The van der Waals surface area contributed by atoms with E-state index in [0.717, 1.165) is 22.4 Å². The van der Waals surface area contributed by atoms with Crippen molar-refractivity contribution in [3.63, 3.8) is 0 Å². The number of benzene rings is 3. The van der Waals surface area contributed by atoms with Crippen LogP contribution in [0.5, 0.6) is 5.75 Å². The Hall–Kier alpha value is -4.39. The lowest BCUT2D eigenvalue weighted by atomic mass is 9.95. The molecule has 0 aliphatic rings. The molecule has 4 rings (SSSR count). The zero-order valence-electron chi connectivity index (χ0n) is 20.4. The number of oxime groups is 1. The molecule has 0 aliphatic carbocycles. The highest BCUT2D eigenvalue weighted by Crippen LogP contribution is 2.18. The van der Waals surface area contributed by atoms with Crippen LogP contribution in [0.1, 0.15) is 29.2 Å². The minimum atomic E-state index is -0.939. The summed E-state index contributed by atoms with van der Waals surface area (Å²) < 4.78 is 7.72. The van der Waals surface area contributed by atoms with Crippen LogP contribution >= 0.6 is 0 Å². The zero-order chi connectivity index (χ0) is 25.3. The van der Waals surface area contributed by atoms with E-state index in [9.17, 15) is 9.90 Å². The molecule has 0 aliphatic heterocycles. The lowest BCUT2D eigenvalue weighted by Gasteiger charge is -2.13. The van der Waals surface area contributed by atoms with E-state index in [1.54, 1.807) is 13.1 Å². The maximum atomic E-state index is 11.9. The third-order valence-corrected chi connectivity index (χ3v) is 5.79. The zero-order valence-corrected chi connectivity index (χ0v) is 20.4. The van der Waals surface area contributed by atoms with E-state index in [2.05, 4.69) is 29.3 Å². The molecule has 4 aromatic rings. The molecule has 0 saturated carbocycles. The van der Waals surface area contributed by atoms with Crippen LogP contribution in [0.15, 0.2) is 96.4 Å². The summed E-state index contributed by atoms with van der Waals surface area (Å²) in [5.74, 6) is -1.02. The third kappa shape index (κ3) is 6.82. The maximum Gasteiger partial charge on any atom is 0.312 e. The van der Waals surface area contributed by atoms with Gasteiger partial charge in [0, 0.05) is 11.8 Å². The molecule has 7 nitrogen and oxygen atoms in total. The Balaban J connectivity index is 1.31. The molecule has 0 fully saturated rings. The first-order valence-electron chi connectivity index (χ1n) is 11.7. The smallest absolute Gasteiger partial charge is 0.312 e. The second-order valence-electron chi connectivity index (χ2n) is 8.65. The van der Waals surface area contributed by atoms with Gasteiger partial charge in [0.25, 0.3) is 0 Å². The lowest BCUT2D eigenvalue weighted by Crippen LogP contribution is -2.24. The number of hydrogen-bond acceptors (Lipinski definition) is 5. The summed E-state index contributed by atoms with van der Waals surface area (Å²) >= 11 is 0. The van der Waals surface area contributed by atoms with Crippen LogP contribution in [0.25, 0.3) is 5.69 Å². The predicted octanol–water partition coefficient (Wildman–Crippen LogP) is 5.60. The van der Waals surface area contributed by atoms with E-state index < -0.39 is 11.9 Å². The van der Waals surface area contributed by atoms with Crippen molar-refractivity contribution in [1.82, 2.24) is 9.78 Å². The van der Waals surface area contributed by atoms with Gasteiger partial charge in [-0.25, -0.2) is 4.68 Å². The Morgan fingerprint density at radius 1 is 0.944 bits per heavy atom. The molecule has 1 N–H and O–H groups in total. The van der Waals surface area contributed by atoms with E-state index in [-0.39, 0.29) is 0 Å². The summed E-state index contributed by atoms with van der Waals surface area (Å²) in [7, 11) is 0. The summed E-state index contributed by atoms with van der Waals surface area (Å²) in [6.45, 7) is 4.40. The molecule has 1 atom stereocenters. The lowest BCUT2D eigenvalue weighted by molar-refractivity contribution is -0.139. The standard InChI is InChI=1S/C29H29N3O4/c1-21-8-12-26(13-9-21)32-18-25(17-30-32)19-35-27-14-10-23(11-15-27)16-28(29(33)34)22(2)31-36-20-24-6-4-3-5-7-24/h3-15,17-18,28H,16,19-20H2,1-2H3,(H,33,34). The SMILES string of the molecule is CC(=NOCc1ccccc1)C(Cc1ccc(OCc2cnn(-c3ccc(C)cc3)c2)cc1)C(=O)O. The van der Waals surface area contributed by atoms with Crippen LogP contribution < -0.4 is 4.74 Å². The molecular weight excluding hydrogens is 454 g/mol. The predicted molar refractivity (Wildman–Crippen MR) is 138 cm³/mol. The van der Waals surface area contributed by atoms with Crippen LogP contribution in [-0.4, -0.2) is 26.6 Å². The van der Waals surface area contributed by atoms with Crippen molar-refractivity contribution < 1.29 is 19.5 Å². The van der Waals surface area contributed by atoms with Crippen LogP contribution in [0, 0.1) is 12.8 Å². The van der Waals surface area contributed by atoms with Crippen molar-refractivity contribution in [2.24, 2.45) is 11.1 Å². The average molecular weight is 484 g/mol. The second-order valence-corrected chi connectivity index (χ2v) is 8.65. The summed E-state index contributed by atoms with van der Waals surface area (Å²) in [4.78, 5) is 17.2. The van der Waals surface area contributed by atoms with Crippen LogP contribution in [0.3, 0.4) is 0 Å². The van der Waals surface area contributed by atoms with E-state index in [1.807, 2.05) is 77.6 Å². The summed E-state index contributed by atoms with van der Waals surface area (Å²) in [5.41, 5.74) is 5.41. The van der Waals surface area contributed by atoms with Crippen molar-refractivity contribution in [1.29, 1.82) is 0 Å². The van der Waals surface area contributed by atoms with Gasteiger partial charge in [-0.05, 0) is 55.7 Å². The summed E-state index contributed by atoms with van der Waals surface area (Å²) in [6, 6.07) is 25.2. The topological polar surface area (TPSA) is 85.9 Å². The average Bonchev–Trinajstić information content (AvgIpc) is 3.36. The first-order valence-corrected chi connectivity index (χ1v) is 11.7. The van der Waals surface area contributed by atoms with Crippen LogP contribution in [-0.2, 0) is 29.3 Å². The molecule has 3 aromatic carbocycles. The molecular formula is C29H29N3O4. The fraction of sp³-hybridized carbons (Fsp3) is 0.207. The Morgan fingerprint density at radius 2 is 1.67 bits per heavy atom. The van der Waals surface area contributed by atoms with E-state index in [0.29, 0.717) is 31.1 Å². The second kappa shape index (κ2) is 11.8. The van der Waals surface area contributed by atoms with Gasteiger partial charge in [0.1, 0.15) is 24.9 Å². The summed E-state index contributed by atoms with van der Waals surface area (Å²) in [6.07, 6.45) is 4.04. The molecule has 0 bridgehead atoms. The van der Waals surface area contributed by atoms with E-state index in [1.165, 1.54) is 5.56 Å². The largest absolute Gasteiger partial charge is 0.489 e. The summed E-state index contributed by atoms with van der Waals surface area (Å²) in [5, 5.41) is 18.2. The van der Waals surface area contributed by atoms with Crippen molar-refractivity contribution in [2.75, 3.05) is 0 Å². The third-order valence-electron chi connectivity index (χ3n) is 5.79. The highest BCUT2D eigenvalue weighted by Gasteiger charge is 2.22. The van der Waals surface area contributed by atoms with Gasteiger partial charge in [0.2, 0.25) is 0 Å². The molecule has 7 heteroatoms. The van der Waals surface area contributed by atoms with Crippen LogP contribution in [0.2, 0.25) is 0 Å². The van der Waals surface area contributed by atoms with Crippen molar-refractivity contribution in [3.8, 4) is 11.4 Å². The molecule has 184 valence electrons. The van der Waals surface area contributed by atoms with Crippen molar-refractivity contribution >= 4 is 11.7 Å². The molecule has 0 spiro atoms. The minimum absolute atomic E-state index is 0.292.